The number of nitrogen functional groups attached to an aromatic ring is 1. The molecule has 110 valence electrons. The second kappa shape index (κ2) is 7.32. The van der Waals surface area contributed by atoms with Crippen LogP contribution in [-0.4, -0.2) is 37.1 Å². The molecule has 0 spiro atoms. The zero-order valence-electron chi connectivity index (χ0n) is 11.9. The lowest BCUT2D eigenvalue weighted by atomic mass is 10.2. The smallest absolute Gasteiger partial charge is 0.340 e. The van der Waals surface area contributed by atoms with Crippen molar-refractivity contribution in [2.75, 3.05) is 31.2 Å². The molecule has 0 aliphatic rings. The lowest BCUT2D eigenvalue weighted by molar-refractivity contribution is -0.119. The highest BCUT2D eigenvalue weighted by molar-refractivity contribution is 5.95. The molecule has 1 aromatic heterocycles. The first-order valence-corrected chi connectivity index (χ1v) is 6.28. The van der Waals surface area contributed by atoms with Gasteiger partial charge in [-0.05, 0) is 12.0 Å². The summed E-state index contributed by atoms with van der Waals surface area (Å²) in [7, 11) is 1.27. The molecule has 0 fully saturated rings. The SMILES string of the molecule is COC(=O)c1cc(NCC(=O)NCC(C)C)ncc1N. The third-order valence-electron chi connectivity index (χ3n) is 2.48. The first-order valence-electron chi connectivity index (χ1n) is 6.28. The molecular formula is C13H20N4O3. The Morgan fingerprint density at radius 2 is 2.15 bits per heavy atom. The number of anilines is 2. The number of esters is 1. The molecule has 7 nitrogen and oxygen atoms in total. The maximum atomic E-state index is 11.5. The van der Waals surface area contributed by atoms with Gasteiger partial charge in [-0.2, -0.15) is 0 Å². The summed E-state index contributed by atoms with van der Waals surface area (Å²) < 4.78 is 4.61. The number of methoxy groups -OCH3 is 1. The van der Waals surface area contributed by atoms with Crippen LogP contribution in [0.3, 0.4) is 0 Å². The number of nitrogens with one attached hydrogen (secondary N) is 2. The van der Waals surface area contributed by atoms with Gasteiger partial charge < -0.3 is 21.1 Å². The Labute approximate surface area is 117 Å². The largest absolute Gasteiger partial charge is 0.465 e. The Bertz CT molecular complexity index is 489. The fraction of sp³-hybridized carbons (Fsp3) is 0.462. The Morgan fingerprint density at radius 3 is 2.75 bits per heavy atom. The third kappa shape index (κ3) is 4.75. The van der Waals surface area contributed by atoms with Crippen molar-refractivity contribution in [2.45, 2.75) is 13.8 Å². The third-order valence-corrected chi connectivity index (χ3v) is 2.48. The Kier molecular flexibility index (Phi) is 5.76. The average Bonchev–Trinajstić information content (AvgIpc) is 2.43. The highest BCUT2D eigenvalue weighted by Gasteiger charge is 2.12. The van der Waals surface area contributed by atoms with Crippen LogP contribution in [0.25, 0.3) is 0 Å². The van der Waals surface area contributed by atoms with E-state index in [0.717, 1.165) is 0 Å². The summed E-state index contributed by atoms with van der Waals surface area (Å²) in [5.41, 5.74) is 6.08. The predicted octanol–water partition coefficient (Wildman–Crippen LogP) is 0.634. The van der Waals surface area contributed by atoms with Crippen molar-refractivity contribution in [1.29, 1.82) is 0 Å². The van der Waals surface area contributed by atoms with Gasteiger partial charge in [0, 0.05) is 6.54 Å². The van der Waals surface area contributed by atoms with Gasteiger partial charge in [-0.3, -0.25) is 4.79 Å². The number of nitrogens with two attached hydrogens (primary N) is 1. The summed E-state index contributed by atoms with van der Waals surface area (Å²) in [6.07, 6.45) is 1.35. The second-order valence-electron chi connectivity index (χ2n) is 4.70. The molecule has 1 rings (SSSR count). The maximum absolute atomic E-state index is 11.5. The van der Waals surface area contributed by atoms with Gasteiger partial charge in [-0.1, -0.05) is 13.8 Å². The monoisotopic (exact) mass is 280 g/mol. The molecule has 20 heavy (non-hydrogen) atoms. The molecule has 0 aliphatic heterocycles. The molecule has 0 saturated heterocycles. The predicted molar refractivity (Wildman–Crippen MR) is 76.3 cm³/mol. The number of amides is 1. The van der Waals surface area contributed by atoms with Gasteiger partial charge in [0.05, 0.1) is 31.1 Å². The molecule has 0 saturated carbocycles. The molecule has 7 heteroatoms. The van der Waals surface area contributed by atoms with Crippen LogP contribution in [0, 0.1) is 5.92 Å². The van der Waals surface area contributed by atoms with E-state index in [4.69, 9.17) is 5.73 Å². The first-order chi connectivity index (χ1) is 9.43. The molecule has 1 heterocycles. The van der Waals surface area contributed by atoms with Crippen LogP contribution in [0.4, 0.5) is 11.5 Å². The van der Waals surface area contributed by atoms with E-state index in [2.05, 4.69) is 20.4 Å². The molecule has 0 unspecified atom stereocenters. The average molecular weight is 280 g/mol. The minimum Gasteiger partial charge on any atom is -0.465 e. The van der Waals surface area contributed by atoms with E-state index in [1.807, 2.05) is 13.8 Å². The molecular weight excluding hydrogens is 260 g/mol. The summed E-state index contributed by atoms with van der Waals surface area (Å²) in [6, 6.07) is 1.46. The van der Waals surface area contributed by atoms with Crippen LogP contribution in [0.15, 0.2) is 12.3 Å². The van der Waals surface area contributed by atoms with Crippen LogP contribution in [-0.2, 0) is 9.53 Å². The Hall–Kier alpha value is -2.31. The molecule has 0 atom stereocenters. The topological polar surface area (TPSA) is 106 Å². The normalized spacial score (nSPS) is 10.2. The molecule has 4 N–H and O–H groups in total. The van der Waals surface area contributed by atoms with Crippen LogP contribution >= 0.6 is 0 Å². The number of hydrogen-bond acceptors (Lipinski definition) is 6. The van der Waals surface area contributed by atoms with Crippen molar-refractivity contribution in [3.63, 3.8) is 0 Å². The van der Waals surface area contributed by atoms with E-state index in [-0.39, 0.29) is 23.7 Å². The van der Waals surface area contributed by atoms with Gasteiger partial charge in [0.25, 0.3) is 0 Å². The minimum atomic E-state index is -0.544. The van der Waals surface area contributed by atoms with Crippen molar-refractivity contribution in [2.24, 2.45) is 5.92 Å². The zero-order chi connectivity index (χ0) is 15.1. The summed E-state index contributed by atoms with van der Waals surface area (Å²) in [4.78, 5) is 27.0. The number of ether oxygens (including phenoxy) is 1. The highest BCUT2D eigenvalue weighted by atomic mass is 16.5. The van der Waals surface area contributed by atoms with Gasteiger partial charge >= 0.3 is 5.97 Å². The van der Waals surface area contributed by atoms with Crippen LogP contribution in [0.2, 0.25) is 0 Å². The number of carbonyl (C=O) groups is 2. The standard InChI is InChI=1S/C13H20N4O3/c1-8(2)5-17-12(18)7-16-11-4-9(13(19)20-3)10(14)6-15-11/h4,6,8H,5,7,14H2,1-3H3,(H,15,16)(H,17,18). The van der Waals surface area contributed by atoms with Crippen molar-refractivity contribution >= 4 is 23.4 Å². The lowest BCUT2D eigenvalue weighted by Crippen LogP contribution is -2.32. The van der Waals surface area contributed by atoms with E-state index in [1.165, 1.54) is 19.4 Å². The highest BCUT2D eigenvalue weighted by Crippen LogP contribution is 2.15. The van der Waals surface area contributed by atoms with E-state index in [0.29, 0.717) is 18.3 Å². The summed E-state index contributed by atoms with van der Waals surface area (Å²) in [6.45, 7) is 4.71. The summed E-state index contributed by atoms with van der Waals surface area (Å²) >= 11 is 0. The van der Waals surface area contributed by atoms with Crippen LogP contribution < -0.4 is 16.4 Å². The minimum absolute atomic E-state index is 0.0737. The van der Waals surface area contributed by atoms with Crippen LogP contribution in [0.5, 0.6) is 0 Å². The molecule has 0 aromatic carbocycles. The number of hydrogen-bond donors (Lipinski definition) is 3. The van der Waals surface area contributed by atoms with Gasteiger partial charge in [0.1, 0.15) is 5.82 Å². The van der Waals surface area contributed by atoms with E-state index in [1.54, 1.807) is 0 Å². The van der Waals surface area contributed by atoms with E-state index >= 15 is 0 Å². The number of aromatic nitrogens is 1. The summed E-state index contributed by atoms with van der Waals surface area (Å²) in [5, 5.41) is 5.59. The van der Waals surface area contributed by atoms with Gasteiger partial charge in [0.2, 0.25) is 5.91 Å². The van der Waals surface area contributed by atoms with Crippen molar-refractivity contribution in [3.8, 4) is 0 Å². The quantitative estimate of drug-likeness (QED) is 0.660. The van der Waals surface area contributed by atoms with Crippen molar-refractivity contribution in [3.05, 3.63) is 17.8 Å². The number of nitrogens with zero attached hydrogens (tertiary/aromatic N) is 1. The Balaban J connectivity index is 2.60. The molecule has 1 aromatic rings. The number of carbonyl (C=O) groups excluding carboxylic acids is 2. The van der Waals surface area contributed by atoms with Crippen molar-refractivity contribution in [1.82, 2.24) is 10.3 Å². The van der Waals surface area contributed by atoms with Crippen LogP contribution in [0.1, 0.15) is 24.2 Å². The van der Waals surface area contributed by atoms with Crippen molar-refractivity contribution < 1.29 is 14.3 Å². The molecule has 0 radical (unpaired) electrons. The van der Waals surface area contributed by atoms with E-state index < -0.39 is 5.97 Å². The fourth-order valence-corrected chi connectivity index (χ4v) is 1.40. The lowest BCUT2D eigenvalue weighted by Gasteiger charge is -2.10. The Morgan fingerprint density at radius 1 is 1.45 bits per heavy atom. The summed E-state index contributed by atoms with van der Waals surface area (Å²) in [5.74, 6) is 0.0907. The van der Waals surface area contributed by atoms with Gasteiger partial charge in [0.15, 0.2) is 0 Å². The number of rotatable bonds is 6. The molecule has 1 amide bonds. The van der Waals surface area contributed by atoms with Gasteiger partial charge in [-0.15, -0.1) is 0 Å². The maximum Gasteiger partial charge on any atom is 0.340 e. The number of pyridine rings is 1. The van der Waals surface area contributed by atoms with Gasteiger partial charge in [-0.25, -0.2) is 9.78 Å². The first kappa shape index (κ1) is 15.7. The zero-order valence-corrected chi connectivity index (χ0v) is 11.9. The molecule has 0 aliphatic carbocycles. The van der Waals surface area contributed by atoms with E-state index in [9.17, 15) is 9.59 Å². The molecule has 0 bridgehead atoms. The fourth-order valence-electron chi connectivity index (χ4n) is 1.40. The second-order valence-corrected chi connectivity index (χ2v) is 4.70.